The lowest BCUT2D eigenvalue weighted by Gasteiger charge is -2.04. The molecule has 0 spiro atoms. The van der Waals surface area contributed by atoms with Crippen molar-refractivity contribution in [1.82, 2.24) is 9.97 Å². The summed E-state index contributed by atoms with van der Waals surface area (Å²) in [4.78, 5) is 7.95. The average Bonchev–Trinajstić information content (AvgIpc) is 2.86. The fourth-order valence-electron chi connectivity index (χ4n) is 1.32. The van der Waals surface area contributed by atoms with Crippen molar-refractivity contribution in [2.45, 2.75) is 26.2 Å². The SMILES string of the molecule is Cc1cc(OCCC2CC2)nc(Cl)n1. The van der Waals surface area contributed by atoms with Crippen LogP contribution in [-0.2, 0) is 0 Å². The number of aromatic nitrogens is 2. The molecule has 0 saturated heterocycles. The van der Waals surface area contributed by atoms with Crippen molar-refractivity contribution >= 4 is 11.6 Å². The molecule has 1 aromatic heterocycles. The summed E-state index contributed by atoms with van der Waals surface area (Å²) < 4.78 is 5.48. The Balaban J connectivity index is 1.87. The van der Waals surface area contributed by atoms with Crippen LogP contribution in [-0.4, -0.2) is 16.6 Å². The van der Waals surface area contributed by atoms with E-state index in [-0.39, 0.29) is 5.28 Å². The number of nitrogens with zero attached hydrogens (tertiary/aromatic N) is 2. The van der Waals surface area contributed by atoms with Crippen molar-refractivity contribution in [2.24, 2.45) is 5.92 Å². The molecule has 1 heterocycles. The zero-order valence-corrected chi connectivity index (χ0v) is 8.92. The zero-order valence-electron chi connectivity index (χ0n) is 8.16. The number of rotatable bonds is 4. The quantitative estimate of drug-likeness (QED) is 0.720. The van der Waals surface area contributed by atoms with E-state index in [1.54, 1.807) is 6.07 Å². The monoisotopic (exact) mass is 212 g/mol. The summed E-state index contributed by atoms with van der Waals surface area (Å²) in [6.07, 6.45) is 3.83. The molecule has 14 heavy (non-hydrogen) atoms. The number of ether oxygens (including phenoxy) is 1. The molecule has 4 heteroatoms. The second-order valence-corrected chi connectivity index (χ2v) is 4.04. The van der Waals surface area contributed by atoms with Crippen LogP contribution >= 0.6 is 11.6 Å². The molecule has 0 bridgehead atoms. The first-order valence-corrected chi connectivity index (χ1v) is 5.26. The molecule has 0 aliphatic heterocycles. The lowest BCUT2D eigenvalue weighted by atomic mass is 10.3. The maximum atomic E-state index is 5.70. The van der Waals surface area contributed by atoms with Gasteiger partial charge >= 0.3 is 0 Å². The summed E-state index contributed by atoms with van der Waals surface area (Å²) in [7, 11) is 0. The van der Waals surface area contributed by atoms with Crippen LogP contribution in [0.15, 0.2) is 6.07 Å². The molecular formula is C10H13ClN2O. The second-order valence-electron chi connectivity index (χ2n) is 3.70. The van der Waals surface area contributed by atoms with Crippen molar-refractivity contribution in [3.63, 3.8) is 0 Å². The highest BCUT2D eigenvalue weighted by molar-refractivity contribution is 6.28. The van der Waals surface area contributed by atoms with Crippen molar-refractivity contribution in [2.75, 3.05) is 6.61 Å². The van der Waals surface area contributed by atoms with Gasteiger partial charge in [-0.2, -0.15) is 4.98 Å². The van der Waals surface area contributed by atoms with E-state index >= 15 is 0 Å². The average molecular weight is 213 g/mol. The van der Waals surface area contributed by atoms with Crippen LogP contribution in [0.1, 0.15) is 25.0 Å². The van der Waals surface area contributed by atoms with E-state index in [9.17, 15) is 0 Å². The first-order valence-electron chi connectivity index (χ1n) is 4.88. The molecule has 1 aliphatic carbocycles. The molecule has 0 radical (unpaired) electrons. The minimum atomic E-state index is 0.256. The largest absolute Gasteiger partial charge is 0.478 e. The third-order valence-electron chi connectivity index (χ3n) is 2.28. The van der Waals surface area contributed by atoms with Crippen LogP contribution in [0.2, 0.25) is 5.28 Å². The van der Waals surface area contributed by atoms with E-state index < -0.39 is 0 Å². The second kappa shape index (κ2) is 4.13. The van der Waals surface area contributed by atoms with E-state index in [0.717, 1.165) is 24.6 Å². The van der Waals surface area contributed by atoms with Crippen molar-refractivity contribution < 1.29 is 4.74 Å². The molecule has 1 aromatic rings. The molecule has 0 unspecified atom stereocenters. The molecule has 0 aromatic carbocycles. The van der Waals surface area contributed by atoms with Crippen molar-refractivity contribution in [3.05, 3.63) is 17.0 Å². The highest BCUT2D eigenvalue weighted by Gasteiger charge is 2.20. The van der Waals surface area contributed by atoms with Crippen LogP contribution < -0.4 is 4.74 Å². The van der Waals surface area contributed by atoms with E-state index in [4.69, 9.17) is 16.3 Å². The lowest BCUT2D eigenvalue weighted by Crippen LogP contribution is -2.01. The van der Waals surface area contributed by atoms with Crippen molar-refractivity contribution in [1.29, 1.82) is 0 Å². The predicted octanol–water partition coefficient (Wildman–Crippen LogP) is 2.62. The summed E-state index contributed by atoms with van der Waals surface area (Å²) in [6.45, 7) is 2.61. The van der Waals surface area contributed by atoms with E-state index in [2.05, 4.69) is 9.97 Å². The van der Waals surface area contributed by atoms with Gasteiger partial charge in [0.2, 0.25) is 11.2 Å². The highest BCUT2D eigenvalue weighted by atomic mass is 35.5. The lowest BCUT2D eigenvalue weighted by molar-refractivity contribution is 0.290. The third kappa shape index (κ3) is 2.84. The molecule has 0 N–H and O–H groups in total. The molecule has 1 saturated carbocycles. The Bertz CT molecular complexity index is 306. The molecule has 2 rings (SSSR count). The Morgan fingerprint density at radius 1 is 1.50 bits per heavy atom. The number of hydrogen-bond donors (Lipinski definition) is 0. The van der Waals surface area contributed by atoms with Gasteiger partial charge in [-0.3, -0.25) is 0 Å². The minimum Gasteiger partial charge on any atom is -0.478 e. The smallest absolute Gasteiger partial charge is 0.225 e. The van der Waals surface area contributed by atoms with E-state index in [1.165, 1.54) is 12.8 Å². The fourth-order valence-corrected chi connectivity index (χ4v) is 1.53. The zero-order chi connectivity index (χ0) is 9.97. The summed E-state index contributed by atoms with van der Waals surface area (Å²) in [5.74, 6) is 1.47. The predicted molar refractivity (Wildman–Crippen MR) is 54.6 cm³/mol. The van der Waals surface area contributed by atoms with Gasteiger partial charge in [0.1, 0.15) is 0 Å². The Morgan fingerprint density at radius 2 is 2.29 bits per heavy atom. The minimum absolute atomic E-state index is 0.256. The number of halogens is 1. The maximum Gasteiger partial charge on any atom is 0.225 e. The topological polar surface area (TPSA) is 35.0 Å². The normalized spacial score (nSPS) is 15.6. The van der Waals surface area contributed by atoms with Crippen LogP contribution in [0.5, 0.6) is 5.88 Å². The molecule has 0 amide bonds. The Kier molecular flexibility index (Phi) is 2.87. The third-order valence-corrected chi connectivity index (χ3v) is 2.45. The van der Waals surface area contributed by atoms with E-state index in [1.807, 2.05) is 6.92 Å². The highest BCUT2D eigenvalue weighted by Crippen LogP contribution is 2.32. The molecule has 3 nitrogen and oxygen atoms in total. The summed E-state index contributed by atoms with van der Waals surface area (Å²) in [5, 5.41) is 0.256. The van der Waals surface area contributed by atoms with Gasteiger partial charge in [-0.05, 0) is 30.9 Å². The van der Waals surface area contributed by atoms with Crippen molar-refractivity contribution in [3.8, 4) is 5.88 Å². The van der Waals surface area contributed by atoms with Gasteiger partial charge in [0.15, 0.2) is 0 Å². The summed E-state index contributed by atoms with van der Waals surface area (Å²) in [6, 6.07) is 1.80. The van der Waals surface area contributed by atoms with Gasteiger partial charge in [-0.1, -0.05) is 12.8 Å². The van der Waals surface area contributed by atoms with Gasteiger partial charge in [-0.25, -0.2) is 4.98 Å². The van der Waals surface area contributed by atoms with Crippen LogP contribution in [0.4, 0.5) is 0 Å². The van der Waals surface area contributed by atoms with Gasteiger partial charge in [0, 0.05) is 11.8 Å². The maximum absolute atomic E-state index is 5.70. The standard InChI is InChI=1S/C10H13ClN2O/c1-7-6-9(13-10(11)12-7)14-5-4-8-2-3-8/h6,8H,2-5H2,1H3. The molecule has 1 fully saturated rings. The number of hydrogen-bond acceptors (Lipinski definition) is 3. The first kappa shape index (κ1) is 9.71. The van der Waals surface area contributed by atoms with E-state index in [0.29, 0.717) is 5.88 Å². The van der Waals surface area contributed by atoms with Crippen LogP contribution in [0, 0.1) is 12.8 Å². The molecular weight excluding hydrogens is 200 g/mol. The van der Waals surface area contributed by atoms with Crippen LogP contribution in [0.25, 0.3) is 0 Å². The van der Waals surface area contributed by atoms with Crippen LogP contribution in [0.3, 0.4) is 0 Å². The number of aryl methyl sites for hydroxylation is 1. The Labute approximate surface area is 88.5 Å². The molecule has 1 aliphatic rings. The van der Waals surface area contributed by atoms with Gasteiger partial charge in [0.05, 0.1) is 6.61 Å². The van der Waals surface area contributed by atoms with Gasteiger partial charge in [0.25, 0.3) is 0 Å². The summed E-state index contributed by atoms with van der Waals surface area (Å²) >= 11 is 5.70. The Morgan fingerprint density at radius 3 is 2.93 bits per heavy atom. The summed E-state index contributed by atoms with van der Waals surface area (Å²) in [5.41, 5.74) is 0.839. The fraction of sp³-hybridized carbons (Fsp3) is 0.600. The van der Waals surface area contributed by atoms with Gasteiger partial charge in [-0.15, -0.1) is 0 Å². The molecule has 0 atom stereocenters. The first-order chi connectivity index (χ1) is 6.74. The Hall–Kier alpha value is -0.830. The molecule has 76 valence electrons. The van der Waals surface area contributed by atoms with Gasteiger partial charge < -0.3 is 4.74 Å².